The summed E-state index contributed by atoms with van der Waals surface area (Å²) in [7, 11) is 1.48. The quantitative estimate of drug-likeness (QED) is 0.672. The zero-order chi connectivity index (χ0) is 13.7. The summed E-state index contributed by atoms with van der Waals surface area (Å²) in [6, 6.07) is 4.13. The second kappa shape index (κ2) is 5.90. The van der Waals surface area contributed by atoms with E-state index in [1.807, 2.05) is 0 Å². The van der Waals surface area contributed by atoms with Crippen LogP contribution in [0.3, 0.4) is 0 Å². The summed E-state index contributed by atoms with van der Waals surface area (Å²) in [5.74, 6) is -1.64. The van der Waals surface area contributed by atoms with Crippen LogP contribution in [0, 0.1) is 0 Å². The SMILES string of the molecule is CCN(CC(=O)NC)C(=O)c1cccc(O)c1O. The van der Waals surface area contributed by atoms with Crippen molar-refractivity contribution in [3.63, 3.8) is 0 Å². The van der Waals surface area contributed by atoms with E-state index < -0.39 is 11.7 Å². The van der Waals surface area contributed by atoms with Gasteiger partial charge in [-0.15, -0.1) is 0 Å². The topological polar surface area (TPSA) is 89.9 Å². The molecule has 6 heteroatoms. The van der Waals surface area contributed by atoms with Gasteiger partial charge in [0.05, 0.1) is 12.1 Å². The molecule has 0 spiro atoms. The van der Waals surface area contributed by atoms with Crippen LogP contribution in [-0.4, -0.2) is 47.1 Å². The molecule has 1 aromatic rings. The number of carbonyl (C=O) groups is 2. The highest BCUT2D eigenvalue weighted by molar-refractivity contribution is 5.99. The van der Waals surface area contributed by atoms with Gasteiger partial charge in [-0.3, -0.25) is 9.59 Å². The highest BCUT2D eigenvalue weighted by Crippen LogP contribution is 2.28. The van der Waals surface area contributed by atoms with Crippen LogP contribution in [0.25, 0.3) is 0 Å². The second-order valence-electron chi connectivity index (χ2n) is 3.67. The molecule has 0 aromatic heterocycles. The Bertz CT molecular complexity index is 459. The Labute approximate surface area is 105 Å². The number of phenols is 2. The van der Waals surface area contributed by atoms with Gasteiger partial charge in [0, 0.05) is 13.6 Å². The van der Waals surface area contributed by atoms with Gasteiger partial charge in [0.2, 0.25) is 5.91 Å². The van der Waals surface area contributed by atoms with Gasteiger partial charge >= 0.3 is 0 Å². The van der Waals surface area contributed by atoms with E-state index in [4.69, 9.17) is 0 Å². The predicted molar refractivity (Wildman–Crippen MR) is 65.4 cm³/mol. The summed E-state index contributed by atoms with van der Waals surface area (Å²) in [5.41, 5.74) is -0.0271. The van der Waals surface area contributed by atoms with Crippen molar-refractivity contribution < 1.29 is 19.8 Å². The zero-order valence-electron chi connectivity index (χ0n) is 10.3. The molecule has 0 bridgehead atoms. The van der Waals surface area contributed by atoms with Crippen molar-refractivity contribution in [2.45, 2.75) is 6.92 Å². The van der Waals surface area contributed by atoms with Gasteiger partial charge in [-0.25, -0.2) is 0 Å². The number of phenolic OH excluding ortho intramolecular Hbond substituents is 2. The van der Waals surface area contributed by atoms with Gasteiger partial charge in [0.1, 0.15) is 0 Å². The van der Waals surface area contributed by atoms with E-state index in [0.29, 0.717) is 6.54 Å². The first-order chi connectivity index (χ1) is 8.51. The Morgan fingerprint density at radius 2 is 2.00 bits per heavy atom. The van der Waals surface area contributed by atoms with Gasteiger partial charge in [0.15, 0.2) is 11.5 Å². The summed E-state index contributed by atoms with van der Waals surface area (Å²) in [5, 5.41) is 21.4. The standard InChI is InChI=1S/C12H16N2O4/c1-3-14(7-10(16)13-2)12(18)8-5-4-6-9(15)11(8)17/h4-6,15,17H,3,7H2,1-2H3,(H,13,16). The van der Waals surface area contributed by atoms with E-state index in [1.165, 1.54) is 30.1 Å². The molecule has 6 nitrogen and oxygen atoms in total. The van der Waals surface area contributed by atoms with Crippen molar-refractivity contribution in [2.75, 3.05) is 20.1 Å². The van der Waals surface area contributed by atoms with Crippen molar-refractivity contribution in [2.24, 2.45) is 0 Å². The summed E-state index contributed by atoms with van der Waals surface area (Å²) in [6.07, 6.45) is 0. The zero-order valence-corrected chi connectivity index (χ0v) is 10.3. The van der Waals surface area contributed by atoms with Crippen LogP contribution >= 0.6 is 0 Å². The summed E-state index contributed by atoms with van der Waals surface area (Å²) in [6.45, 7) is 1.95. The maximum atomic E-state index is 12.1. The highest BCUT2D eigenvalue weighted by Gasteiger charge is 2.20. The van der Waals surface area contributed by atoms with Crippen LogP contribution in [0.15, 0.2) is 18.2 Å². The molecule has 0 unspecified atom stereocenters. The van der Waals surface area contributed by atoms with Crippen LogP contribution < -0.4 is 5.32 Å². The van der Waals surface area contributed by atoms with E-state index in [-0.39, 0.29) is 23.8 Å². The molecule has 0 radical (unpaired) electrons. The molecule has 0 aliphatic carbocycles. The van der Waals surface area contributed by atoms with Gasteiger partial charge < -0.3 is 20.4 Å². The molecule has 0 aliphatic heterocycles. The Morgan fingerprint density at radius 3 is 2.56 bits per heavy atom. The number of rotatable bonds is 4. The Hall–Kier alpha value is -2.24. The molecule has 2 amide bonds. The average molecular weight is 252 g/mol. The lowest BCUT2D eigenvalue weighted by molar-refractivity contribution is -0.121. The highest BCUT2D eigenvalue weighted by atomic mass is 16.3. The first-order valence-corrected chi connectivity index (χ1v) is 5.52. The summed E-state index contributed by atoms with van der Waals surface area (Å²) in [4.78, 5) is 24.6. The molecule has 0 fully saturated rings. The lowest BCUT2D eigenvalue weighted by Crippen LogP contribution is -2.39. The van der Waals surface area contributed by atoms with Gasteiger partial charge in [0.25, 0.3) is 5.91 Å². The molecule has 1 aromatic carbocycles. The molecule has 98 valence electrons. The second-order valence-corrected chi connectivity index (χ2v) is 3.67. The number of nitrogens with zero attached hydrogens (tertiary/aromatic N) is 1. The summed E-state index contributed by atoms with van der Waals surface area (Å²) < 4.78 is 0. The Morgan fingerprint density at radius 1 is 1.33 bits per heavy atom. The third-order valence-electron chi connectivity index (χ3n) is 2.53. The fourth-order valence-corrected chi connectivity index (χ4v) is 1.45. The lowest BCUT2D eigenvalue weighted by Gasteiger charge is -2.20. The monoisotopic (exact) mass is 252 g/mol. The molecule has 3 N–H and O–H groups in total. The predicted octanol–water partition coefficient (Wildman–Crippen LogP) is 0.306. The number of aromatic hydroxyl groups is 2. The van der Waals surface area contributed by atoms with Crippen molar-refractivity contribution in [3.8, 4) is 11.5 Å². The Kier molecular flexibility index (Phi) is 4.53. The van der Waals surface area contributed by atoms with Crippen LogP contribution in [0.1, 0.15) is 17.3 Å². The molecule has 0 aliphatic rings. The third-order valence-corrected chi connectivity index (χ3v) is 2.53. The van der Waals surface area contributed by atoms with Crippen LogP contribution in [0.5, 0.6) is 11.5 Å². The molecule has 1 rings (SSSR count). The minimum absolute atomic E-state index is 0.0271. The fraction of sp³-hybridized carbons (Fsp3) is 0.333. The van der Waals surface area contributed by atoms with Crippen LogP contribution in [-0.2, 0) is 4.79 Å². The molecule has 0 atom stereocenters. The molecular weight excluding hydrogens is 236 g/mol. The summed E-state index contributed by atoms with van der Waals surface area (Å²) >= 11 is 0. The molecular formula is C12H16N2O4. The first kappa shape index (κ1) is 13.8. The van der Waals surface area contributed by atoms with E-state index >= 15 is 0 Å². The van der Waals surface area contributed by atoms with Gasteiger partial charge in [-0.05, 0) is 19.1 Å². The number of likely N-dealkylation sites (N-methyl/N-ethyl adjacent to an activating group) is 2. The van der Waals surface area contributed by atoms with Gasteiger partial charge in [-0.2, -0.15) is 0 Å². The third kappa shape index (κ3) is 2.91. The number of nitrogens with one attached hydrogen (secondary N) is 1. The van der Waals surface area contributed by atoms with E-state index in [9.17, 15) is 19.8 Å². The van der Waals surface area contributed by atoms with E-state index in [1.54, 1.807) is 6.92 Å². The van der Waals surface area contributed by atoms with Crippen molar-refractivity contribution in [1.29, 1.82) is 0 Å². The van der Waals surface area contributed by atoms with E-state index in [0.717, 1.165) is 0 Å². The number of para-hydroxylation sites is 1. The molecule has 0 saturated heterocycles. The average Bonchev–Trinajstić information content (AvgIpc) is 2.38. The largest absolute Gasteiger partial charge is 0.504 e. The van der Waals surface area contributed by atoms with Crippen molar-refractivity contribution >= 4 is 11.8 Å². The number of hydrogen-bond donors (Lipinski definition) is 3. The fourth-order valence-electron chi connectivity index (χ4n) is 1.45. The van der Waals surface area contributed by atoms with Gasteiger partial charge in [-0.1, -0.05) is 6.07 Å². The van der Waals surface area contributed by atoms with Crippen molar-refractivity contribution in [1.82, 2.24) is 10.2 Å². The Balaban J connectivity index is 2.97. The smallest absolute Gasteiger partial charge is 0.258 e. The lowest BCUT2D eigenvalue weighted by atomic mass is 10.1. The van der Waals surface area contributed by atoms with Crippen molar-refractivity contribution in [3.05, 3.63) is 23.8 Å². The number of hydrogen-bond acceptors (Lipinski definition) is 4. The first-order valence-electron chi connectivity index (χ1n) is 5.52. The number of benzene rings is 1. The minimum Gasteiger partial charge on any atom is -0.504 e. The van der Waals surface area contributed by atoms with Crippen LogP contribution in [0.4, 0.5) is 0 Å². The maximum Gasteiger partial charge on any atom is 0.258 e. The number of carbonyl (C=O) groups excluding carboxylic acids is 2. The van der Waals surface area contributed by atoms with Crippen LogP contribution in [0.2, 0.25) is 0 Å². The molecule has 0 saturated carbocycles. The minimum atomic E-state index is -0.505. The number of amides is 2. The normalized spacial score (nSPS) is 9.89. The molecule has 0 heterocycles. The van der Waals surface area contributed by atoms with E-state index in [2.05, 4.69) is 5.32 Å². The molecule has 18 heavy (non-hydrogen) atoms. The maximum absolute atomic E-state index is 12.1.